The highest BCUT2D eigenvalue weighted by Crippen LogP contribution is 2.36. The molecule has 0 saturated heterocycles. The number of carbonyl (C=O) groups is 2. The number of para-hydroxylation sites is 1. The Kier molecular flexibility index (Phi) is 10.3. The molecular formula is C34H29F3N8O4. The van der Waals surface area contributed by atoms with Crippen molar-refractivity contribution in [2.45, 2.75) is 6.18 Å². The van der Waals surface area contributed by atoms with E-state index in [2.05, 4.69) is 41.9 Å². The van der Waals surface area contributed by atoms with Crippen LogP contribution in [0.5, 0.6) is 0 Å². The molecule has 0 aliphatic carbocycles. The average molecular weight is 671 g/mol. The molecule has 49 heavy (non-hydrogen) atoms. The lowest BCUT2D eigenvalue weighted by Crippen LogP contribution is -2.38. The van der Waals surface area contributed by atoms with Crippen LogP contribution >= 0.6 is 0 Å². The van der Waals surface area contributed by atoms with Crippen LogP contribution in [0.1, 0.15) is 21.5 Å². The maximum atomic E-state index is 13.8. The Labute approximate surface area is 277 Å². The summed E-state index contributed by atoms with van der Waals surface area (Å²) in [5, 5.41) is 16.3. The standard InChI is InChI=1S/C34H29F3N8O4/c1-38-32(49)23-9-5-6-10-25(23)44-31-24(34(35,36)37)19-41-33(45-31)43-22-14-12-21(13-15-22)42-28-27(29(47)30(28)48)40-18-17-39-26(46)16-11-20-7-3-2-4-8-20/h2-16,19,40,42H,17-18H2,1H3,(H,38,49)(H,39,46)(H2,41,43,44,45)/b16-11+. The summed E-state index contributed by atoms with van der Waals surface area (Å²) >= 11 is 0. The molecule has 5 rings (SSSR count). The van der Waals surface area contributed by atoms with Crippen LogP contribution < -0.4 is 42.8 Å². The summed E-state index contributed by atoms with van der Waals surface area (Å²) < 4.78 is 41.4. The first-order valence-corrected chi connectivity index (χ1v) is 14.8. The molecule has 0 unspecified atom stereocenters. The molecule has 12 nitrogen and oxygen atoms in total. The van der Waals surface area contributed by atoms with Crippen LogP contribution in [0.3, 0.4) is 0 Å². The zero-order chi connectivity index (χ0) is 35.0. The fraction of sp³-hybridized carbons (Fsp3) is 0.118. The van der Waals surface area contributed by atoms with Gasteiger partial charge < -0.3 is 31.9 Å². The SMILES string of the molecule is CNC(=O)c1ccccc1Nc1nc(Nc2ccc(Nc3c(NCCNC(=O)/C=C/c4ccccc4)c(=O)c3=O)cc2)ncc1C(F)(F)F. The van der Waals surface area contributed by atoms with Gasteiger partial charge in [0.25, 0.3) is 16.8 Å². The van der Waals surface area contributed by atoms with Gasteiger partial charge in [0.2, 0.25) is 11.9 Å². The third-order valence-electron chi connectivity index (χ3n) is 7.02. The van der Waals surface area contributed by atoms with E-state index in [9.17, 15) is 32.3 Å². The number of aromatic nitrogens is 2. The molecule has 0 radical (unpaired) electrons. The number of halogens is 3. The zero-order valence-electron chi connectivity index (χ0n) is 25.8. The first-order valence-electron chi connectivity index (χ1n) is 14.8. The molecule has 6 N–H and O–H groups in total. The van der Waals surface area contributed by atoms with Crippen LogP contribution in [0.15, 0.2) is 101 Å². The summed E-state index contributed by atoms with van der Waals surface area (Å²) in [4.78, 5) is 56.6. The van der Waals surface area contributed by atoms with Crippen molar-refractivity contribution in [3.63, 3.8) is 0 Å². The minimum Gasteiger partial charge on any atom is -0.378 e. The van der Waals surface area contributed by atoms with Crippen molar-refractivity contribution in [1.82, 2.24) is 20.6 Å². The molecule has 0 atom stereocenters. The van der Waals surface area contributed by atoms with Gasteiger partial charge in [0.1, 0.15) is 22.8 Å². The van der Waals surface area contributed by atoms with Crippen molar-refractivity contribution in [1.29, 1.82) is 0 Å². The normalized spacial score (nSPS) is 11.3. The number of hydrogen-bond acceptors (Lipinski definition) is 10. The second-order valence-corrected chi connectivity index (χ2v) is 10.4. The maximum Gasteiger partial charge on any atom is 0.421 e. The van der Waals surface area contributed by atoms with Gasteiger partial charge in [0.05, 0.1) is 11.3 Å². The first-order chi connectivity index (χ1) is 23.5. The largest absolute Gasteiger partial charge is 0.421 e. The van der Waals surface area contributed by atoms with Crippen LogP contribution in [-0.2, 0) is 11.0 Å². The van der Waals surface area contributed by atoms with E-state index in [0.717, 1.165) is 5.56 Å². The lowest BCUT2D eigenvalue weighted by Gasteiger charge is -2.17. The fourth-order valence-corrected chi connectivity index (χ4v) is 4.56. The molecule has 1 heterocycles. The number of amides is 2. The number of alkyl halides is 3. The smallest absolute Gasteiger partial charge is 0.378 e. The molecule has 15 heteroatoms. The predicted molar refractivity (Wildman–Crippen MR) is 181 cm³/mol. The van der Waals surface area contributed by atoms with Gasteiger partial charge in [-0.15, -0.1) is 0 Å². The second kappa shape index (κ2) is 14.9. The van der Waals surface area contributed by atoms with E-state index in [1.165, 1.54) is 25.3 Å². The van der Waals surface area contributed by atoms with Crippen molar-refractivity contribution < 1.29 is 22.8 Å². The topological polar surface area (TPSA) is 166 Å². The fourth-order valence-electron chi connectivity index (χ4n) is 4.56. The van der Waals surface area contributed by atoms with Gasteiger partial charge in [-0.05, 0) is 48.0 Å². The number of rotatable bonds is 13. The van der Waals surface area contributed by atoms with Crippen molar-refractivity contribution in [2.24, 2.45) is 0 Å². The van der Waals surface area contributed by atoms with E-state index in [1.54, 1.807) is 42.5 Å². The van der Waals surface area contributed by atoms with E-state index in [0.29, 0.717) is 17.6 Å². The van der Waals surface area contributed by atoms with Gasteiger partial charge in [-0.25, -0.2) is 4.98 Å². The van der Waals surface area contributed by atoms with E-state index < -0.39 is 34.3 Å². The lowest BCUT2D eigenvalue weighted by atomic mass is 10.1. The van der Waals surface area contributed by atoms with E-state index in [4.69, 9.17) is 0 Å². The van der Waals surface area contributed by atoms with Crippen LogP contribution in [0.4, 0.5) is 53.4 Å². The number of nitrogens with one attached hydrogen (secondary N) is 6. The number of carbonyl (C=O) groups excluding carboxylic acids is 2. The maximum absolute atomic E-state index is 13.8. The van der Waals surface area contributed by atoms with Crippen molar-refractivity contribution >= 4 is 58.1 Å². The van der Waals surface area contributed by atoms with E-state index in [1.807, 2.05) is 30.3 Å². The monoisotopic (exact) mass is 670 g/mol. The van der Waals surface area contributed by atoms with Crippen LogP contribution in [-0.4, -0.2) is 41.9 Å². The number of anilines is 7. The Morgan fingerprint density at radius 1 is 0.796 bits per heavy atom. The second-order valence-electron chi connectivity index (χ2n) is 10.4. The molecule has 4 aromatic carbocycles. The van der Waals surface area contributed by atoms with E-state index >= 15 is 0 Å². The van der Waals surface area contributed by atoms with Gasteiger partial charge in [-0.2, -0.15) is 18.2 Å². The quantitative estimate of drug-likeness (QED) is 0.0575. The van der Waals surface area contributed by atoms with Crippen molar-refractivity contribution in [2.75, 3.05) is 41.4 Å². The molecule has 0 fully saturated rings. The Morgan fingerprint density at radius 3 is 2.14 bits per heavy atom. The minimum absolute atomic E-state index is 0.0554. The van der Waals surface area contributed by atoms with Crippen LogP contribution in [0, 0.1) is 0 Å². The average Bonchev–Trinajstić information content (AvgIpc) is 3.10. The summed E-state index contributed by atoms with van der Waals surface area (Å²) in [6.07, 6.45) is -1.09. The third-order valence-corrected chi connectivity index (χ3v) is 7.02. The summed E-state index contributed by atoms with van der Waals surface area (Å²) in [6.45, 7) is 0.384. The molecule has 0 saturated carbocycles. The Morgan fingerprint density at radius 2 is 1.45 bits per heavy atom. The lowest BCUT2D eigenvalue weighted by molar-refractivity contribution is -0.137. The molecular weight excluding hydrogens is 641 g/mol. The Bertz CT molecular complexity index is 2060. The van der Waals surface area contributed by atoms with Gasteiger partial charge >= 0.3 is 6.18 Å². The molecule has 2 amide bonds. The third kappa shape index (κ3) is 8.45. The Hall–Kier alpha value is -6.51. The van der Waals surface area contributed by atoms with Crippen molar-refractivity contribution in [3.8, 4) is 0 Å². The van der Waals surface area contributed by atoms with Crippen molar-refractivity contribution in [3.05, 3.63) is 128 Å². The molecule has 1 aromatic heterocycles. The summed E-state index contributed by atoms with van der Waals surface area (Å²) in [5.74, 6) is -1.54. The predicted octanol–water partition coefficient (Wildman–Crippen LogP) is 4.92. The number of benzene rings is 3. The highest BCUT2D eigenvalue weighted by atomic mass is 19.4. The van der Waals surface area contributed by atoms with E-state index in [-0.39, 0.29) is 47.6 Å². The number of nitrogens with zero attached hydrogens (tertiary/aromatic N) is 2. The highest BCUT2D eigenvalue weighted by Gasteiger charge is 2.35. The molecule has 0 aliphatic rings. The highest BCUT2D eigenvalue weighted by molar-refractivity contribution is 6.00. The van der Waals surface area contributed by atoms with Gasteiger partial charge in [-0.3, -0.25) is 19.2 Å². The minimum atomic E-state index is -4.79. The first kappa shape index (κ1) is 33.8. The molecule has 5 aromatic rings. The molecule has 0 bridgehead atoms. The van der Waals surface area contributed by atoms with Crippen LogP contribution in [0.25, 0.3) is 6.08 Å². The Balaban J connectivity index is 1.21. The van der Waals surface area contributed by atoms with Gasteiger partial charge in [0, 0.05) is 43.8 Å². The summed E-state index contributed by atoms with van der Waals surface area (Å²) in [6, 6.07) is 21.6. The van der Waals surface area contributed by atoms with Crippen LogP contribution in [0.2, 0.25) is 0 Å². The van der Waals surface area contributed by atoms with Gasteiger partial charge in [-0.1, -0.05) is 42.5 Å². The molecule has 250 valence electrons. The zero-order valence-corrected chi connectivity index (χ0v) is 25.8. The van der Waals surface area contributed by atoms with Gasteiger partial charge in [0.15, 0.2) is 0 Å². The summed E-state index contributed by atoms with van der Waals surface area (Å²) in [5.41, 5.74) is -0.455. The number of hydrogen-bond donors (Lipinski definition) is 6. The summed E-state index contributed by atoms with van der Waals surface area (Å²) in [7, 11) is 1.40. The molecule has 0 aliphatic heterocycles. The molecule has 0 spiro atoms.